The van der Waals surface area contributed by atoms with Crippen LogP contribution in [-0.4, -0.2) is 45.4 Å². The highest BCUT2D eigenvalue weighted by molar-refractivity contribution is 5.59. The van der Waals surface area contributed by atoms with E-state index in [2.05, 4.69) is 22.1 Å². The van der Waals surface area contributed by atoms with Crippen LogP contribution in [0.3, 0.4) is 0 Å². The van der Waals surface area contributed by atoms with Crippen molar-refractivity contribution in [2.45, 2.75) is 76.6 Å². The lowest BCUT2D eigenvalue weighted by atomic mass is 9.95. The Kier molecular flexibility index (Phi) is 5.87. The van der Waals surface area contributed by atoms with E-state index in [4.69, 9.17) is 9.97 Å². The molecule has 6 heteroatoms. The van der Waals surface area contributed by atoms with E-state index >= 15 is 0 Å². The zero-order chi connectivity index (χ0) is 19.5. The summed E-state index contributed by atoms with van der Waals surface area (Å²) in [5.74, 6) is 1.60. The highest BCUT2D eigenvalue weighted by atomic mass is 16.3. The first kappa shape index (κ1) is 19.3. The first-order chi connectivity index (χ1) is 13.6. The van der Waals surface area contributed by atoms with E-state index < -0.39 is 6.23 Å². The molecule has 28 heavy (non-hydrogen) atoms. The number of rotatable bonds is 6. The fourth-order valence-electron chi connectivity index (χ4n) is 4.37. The molecule has 1 fully saturated rings. The third-order valence-electron chi connectivity index (χ3n) is 6.22. The van der Waals surface area contributed by atoms with Gasteiger partial charge in [0.25, 0.3) is 0 Å². The summed E-state index contributed by atoms with van der Waals surface area (Å²) in [5.41, 5.74) is 3.14. The van der Waals surface area contributed by atoms with Gasteiger partial charge in [0.1, 0.15) is 17.7 Å². The average molecular weight is 382 g/mol. The van der Waals surface area contributed by atoms with Gasteiger partial charge in [0.15, 0.2) is 5.82 Å². The summed E-state index contributed by atoms with van der Waals surface area (Å²) < 4.78 is 0. The van der Waals surface area contributed by atoms with Crippen LogP contribution in [0.25, 0.3) is 11.5 Å². The number of aromatic nitrogens is 3. The molecule has 2 N–H and O–H groups in total. The van der Waals surface area contributed by atoms with Crippen molar-refractivity contribution < 1.29 is 5.11 Å². The van der Waals surface area contributed by atoms with Crippen molar-refractivity contribution in [3.63, 3.8) is 0 Å². The summed E-state index contributed by atoms with van der Waals surface area (Å²) in [6.07, 6.45) is 10.4. The maximum Gasteiger partial charge on any atom is 0.180 e. The minimum Gasteiger partial charge on any atom is -0.376 e. The largest absolute Gasteiger partial charge is 0.376 e. The molecule has 0 spiro atoms. The fourth-order valence-corrected chi connectivity index (χ4v) is 4.37. The number of fused-ring (bicyclic) bond motifs is 1. The first-order valence-electron chi connectivity index (χ1n) is 10.6. The fraction of sp³-hybridized carbons (Fsp3) is 0.591. The number of hydrogen-bond acceptors (Lipinski definition) is 6. The molecule has 1 saturated carbocycles. The smallest absolute Gasteiger partial charge is 0.180 e. The Morgan fingerprint density at radius 1 is 1.11 bits per heavy atom. The van der Waals surface area contributed by atoms with Gasteiger partial charge in [0.05, 0.1) is 6.04 Å². The lowest BCUT2D eigenvalue weighted by Crippen LogP contribution is -2.51. The van der Waals surface area contributed by atoms with Crippen molar-refractivity contribution in [1.29, 1.82) is 0 Å². The molecule has 150 valence electrons. The molecule has 2 aliphatic rings. The number of aryl methyl sites for hydroxylation is 1. The molecule has 2 aromatic heterocycles. The van der Waals surface area contributed by atoms with Gasteiger partial charge in [-0.25, -0.2) is 9.97 Å². The maximum atomic E-state index is 10.8. The summed E-state index contributed by atoms with van der Waals surface area (Å²) >= 11 is 0. The van der Waals surface area contributed by atoms with E-state index in [0.717, 1.165) is 49.3 Å². The molecule has 0 bridgehead atoms. The average Bonchev–Trinajstić information content (AvgIpc) is 3.22. The highest BCUT2D eigenvalue weighted by Crippen LogP contribution is 2.31. The minimum atomic E-state index is -0.585. The van der Waals surface area contributed by atoms with Crippen LogP contribution in [-0.2, 0) is 12.8 Å². The van der Waals surface area contributed by atoms with Crippen molar-refractivity contribution in [2.24, 2.45) is 0 Å². The van der Waals surface area contributed by atoms with Crippen LogP contribution in [0.2, 0.25) is 0 Å². The van der Waals surface area contributed by atoms with E-state index in [1.165, 1.54) is 24.8 Å². The van der Waals surface area contributed by atoms with Gasteiger partial charge in [-0.2, -0.15) is 0 Å². The van der Waals surface area contributed by atoms with Crippen LogP contribution in [0, 0.1) is 0 Å². The predicted molar refractivity (Wildman–Crippen MR) is 111 cm³/mol. The Morgan fingerprint density at radius 3 is 2.68 bits per heavy atom. The third-order valence-corrected chi connectivity index (χ3v) is 6.22. The quantitative estimate of drug-likeness (QED) is 0.749. The molecular weight excluding hydrogens is 350 g/mol. The number of nitrogens with one attached hydrogen (secondary N) is 1. The summed E-state index contributed by atoms with van der Waals surface area (Å²) in [5, 5.41) is 14.3. The number of nitrogens with zero attached hydrogens (tertiary/aromatic N) is 4. The SMILES string of the molecule is C[C@H](C(O)NC1CCCCC1)N(C)c1nc(-c2ccccn2)nc2c1CCC2. The molecule has 0 saturated heterocycles. The second-order valence-corrected chi connectivity index (χ2v) is 8.16. The van der Waals surface area contributed by atoms with Crippen LogP contribution in [0.4, 0.5) is 5.82 Å². The summed E-state index contributed by atoms with van der Waals surface area (Å²) in [6, 6.07) is 6.14. The summed E-state index contributed by atoms with van der Waals surface area (Å²) in [4.78, 5) is 16.2. The predicted octanol–water partition coefficient (Wildman–Crippen LogP) is 3.09. The van der Waals surface area contributed by atoms with Crippen molar-refractivity contribution >= 4 is 5.82 Å². The standard InChI is InChI=1S/C22H31N5O/c1-15(22(28)24-16-9-4-3-5-10-16)27(2)21-17-11-8-13-18(17)25-20(26-21)19-12-6-7-14-23-19/h6-7,12,14-16,22,24,28H,3-5,8-11,13H2,1-2H3/t15-,22?/m1/s1. The van der Waals surface area contributed by atoms with Crippen LogP contribution in [0.5, 0.6) is 0 Å². The number of aliphatic hydroxyl groups is 1. The van der Waals surface area contributed by atoms with Gasteiger partial charge in [-0.3, -0.25) is 10.3 Å². The number of aliphatic hydroxyl groups excluding tert-OH is 1. The van der Waals surface area contributed by atoms with Crippen molar-refractivity contribution in [3.8, 4) is 11.5 Å². The van der Waals surface area contributed by atoms with E-state index in [9.17, 15) is 5.11 Å². The Balaban J connectivity index is 1.57. The second kappa shape index (κ2) is 8.53. The lowest BCUT2D eigenvalue weighted by Gasteiger charge is -2.34. The molecule has 2 aromatic rings. The van der Waals surface area contributed by atoms with Gasteiger partial charge in [0.2, 0.25) is 0 Å². The molecule has 0 aromatic carbocycles. The normalized spacial score (nSPS) is 19.2. The zero-order valence-corrected chi connectivity index (χ0v) is 16.9. The minimum absolute atomic E-state index is 0.0851. The Morgan fingerprint density at radius 2 is 1.93 bits per heavy atom. The van der Waals surface area contributed by atoms with Crippen molar-refractivity contribution in [2.75, 3.05) is 11.9 Å². The van der Waals surface area contributed by atoms with Crippen LogP contribution < -0.4 is 10.2 Å². The van der Waals surface area contributed by atoms with Crippen molar-refractivity contribution in [1.82, 2.24) is 20.3 Å². The molecule has 4 rings (SSSR count). The van der Waals surface area contributed by atoms with Crippen LogP contribution in [0.15, 0.2) is 24.4 Å². The van der Waals surface area contributed by atoms with E-state index in [-0.39, 0.29) is 6.04 Å². The molecule has 0 aliphatic heterocycles. The first-order valence-corrected chi connectivity index (χ1v) is 10.6. The van der Waals surface area contributed by atoms with Gasteiger partial charge in [-0.05, 0) is 51.2 Å². The molecular formula is C22H31N5O. The maximum absolute atomic E-state index is 10.8. The monoisotopic (exact) mass is 381 g/mol. The Bertz CT molecular complexity index is 791. The van der Waals surface area contributed by atoms with Gasteiger partial charge in [0, 0.05) is 30.5 Å². The Hall–Kier alpha value is -2.05. The topological polar surface area (TPSA) is 74.2 Å². The highest BCUT2D eigenvalue weighted by Gasteiger charge is 2.28. The van der Waals surface area contributed by atoms with E-state index in [1.807, 2.05) is 25.2 Å². The van der Waals surface area contributed by atoms with Crippen LogP contribution in [0.1, 0.15) is 56.7 Å². The van der Waals surface area contributed by atoms with Crippen molar-refractivity contribution in [3.05, 3.63) is 35.7 Å². The number of likely N-dealkylation sites (N-methyl/N-ethyl adjacent to an activating group) is 1. The molecule has 6 nitrogen and oxygen atoms in total. The van der Waals surface area contributed by atoms with E-state index in [1.54, 1.807) is 6.20 Å². The third kappa shape index (κ3) is 4.03. The Labute approximate surface area is 167 Å². The van der Waals surface area contributed by atoms with Gasteiger partial charge >= 0.3 is 0 Å². The number of hydrogen-bond donors (Lipinski definition) is 2. The van der Waals surface area contributed by atoms with Gasteiger partial charge < -0.3 is 10.0 Å². The molecule has 0 radical (unpaired) electrons. The second-order valence-electron chi connectivity index (χ2n) is 8.16. The molecule has 2 heterocycles. The molecule has 2 atom stereocenters. The number of pyridine rings is 1. The molecule has 0 amide bonds. The van der Waals surface area contributed by atoms with E-state index in [0.29, 0.717) is 11.9 Å². The molecule has 2 aliphatic carbocycles. The zero-order valence-electron chi connectivity index (χ0n) is 16.9. The van der Waals surface area contributed by atoms with Gasteiger partial charge in [-0.1, -0.05) is 25.3 Å². The molecule has 1 unspecified atom stereocenters. The summed E-state index contributed by atoms with van der Waals surface area (Å²) in [7, 11) is 2.03. The van der Waals surface area contributed by atoms with Crippen LogP contribution >= 0.6 is 0 Å². The summed E-state index contributed by atoms with van der Waals surface area (Å²) in [6.45, 7) is 2.06. The lowest BCUT2D eigenvalue weighted by molar-refractivity contribution is 0.0914. The number of anilines is 1. The van der Waals surface area contributed by atoms with Gasteiger partial charge in [-0.15, -0.1) is 0 Å².